The van der Waals surface area contributed by atoms with E-state index in [0.717, 1.165) is 18.8 Å². The van der Waals surface area contributed by atoms with E-state index in [1.165, 1.54) is 11.1 Å². The van der Waals surface area contributed by atoms with E-state index in [1.807, 2.05) is 0 Å². The summed E-state index contributed by atoms with van der Waals surface area (Å²) in [5, 5.41) is 3.44. The van der Waals surface area contributed by atoms with Crippen molar-refractivity contribution < 1.29 is 4.74 Å². The van der Waals surface area contributed by atoms with Crippen LogP contribution in [-0.4, -0.2) is 20.2 Å². The normalized spacial score (nSPS) is 12.8. The highest BCUT2D eigenvalue weighted by Crippen LogP contribution is 2.32. The van der Waals surface area contributed by atoms with Crippen molar-refractivity contribution >= 4 is 0 Å². The van der Waals surface area contributed by atoms with Crippen molar-refractivity contribution in [3.63, 3.8) is 0 Å². The van der Waals surface area contributed by atoms with Crippen molar-refractivity contribution in [1.29, 1.82) is 0 Å². The molecule has 0 heterocycles. The van der Waals surface area contributed by atoms with Gasteiger partial charge in [-0.05, 0) is 31.0 Å². The zero-order valence-corrected chi connectivity index (χ0v) is 11.7. The van der Waals surface area contributed by atoms with Crippen LogP contribution in [0.1, 0.15) is 37.8 Å². The van der Waals surface area contributed by atoms with Crippen molar-refractivity contribution in [3.8, 4) is 5.75 Å². The Morgan fingerprint density at radius 3 is 2.53 bits per heavy atom. The fourth-order valence-corrected chi connectivity index (χ4v) is 2.15. The van der Waals surface area contributed by atoms with Crippen LogP contribution in [-0.2, 0) is 0 Å². The first-order chi connectivity index (χ1) is 8.10. The molecule has 1 N–H and O–H groups in total. The molecule has 0 bridgehead atoms. The number of rotatable bonds is 6. The summed E-state index contributed by atoms with van der Waals surface area (Å²) in [6.45, 7) is 10.8. The van der Waals surface area contributed by atoms with Gasteiger partial charge in [-0.15, -0.1) is 0 Å². The van der Waals surface area contributed by atoms with Gasteiger partial charge in [-0.3, -0.25) is 0 Å². The van der Waals surface area contributed by atoms with E-state index in [1.54, 1.807) is 7.11 Å². The maximum atomic E-state index is 5.48. The highest BCUT2D eigenvalue weighted by atomic mass is 16.5. The number of hydrogen-bond acceptors (Lipinski definition) is 2. The quantitative estimate of drug-likeness (QED) is 0.816. The molecule has 2 heteroatoms. The van der Waals surface area contributed by atoms with Gasteiger partial charge >= 0.3 is 0 Å². The van der Waals surface area contributed by atoms with Crippen LogP contribution in [0.2, 0.25) is 0 Å². The van der Waals surface area contributed by atoms with Crippen molar-refractivity contribution in [2.75, 3.05) is 20.2 Å². The molecule has 0 amide bonds. The second-order valence-electron chi connectivity index (χ2n) is 4.90. The van der Waals surface area contributed by atoms with E-state index in [-0.39, 0.29) is 0 Å². The first kappa shape index (κ1) is 14.0. The smallest absolute Gasteiger partial charge is 0.122 e. The molecular weight excluding hydrogens is 210 g/mol. The molecule has 17 heavy (non-hydrogen) atoms. The van der Waals surface area contributed by atoms with E-state index in [4.69, 9.17) is 4.74 Å². The molecule has 1 unspecified atom stereocenters. The Hall–Kier alpha value is -1.02. The van der Waals surface area contributed by atoms with E-state index in [2.05, 4.69) is 51.2 Å². The monoisotopic (exact) mass is 235 g/mol. The van der Waals surface area contributed by atoms with Crippen LogP contribution < -0.4 is 10.1 Å². The third-order valence-corrected chi connectivity index (χ3v) is 3.20. The van der Waals surface area contributed by atoms with Gasteiger partial charge in [-0.1, -0.05) is 38.5 Å². The molecule has 0 saturated carbocycles. The lowest BCUT2D eigenvalue weighted by molar-refractivity contribution is 0.390. The third kappa shape index (κ3) is 3.74. The Bertz CT molecular complexity index is 347. The zero-order valence-electron chi connectivity index (χ0n) is 11.7. The van der Waals surface area contributed by atoms with E-state index in [0.29, 0.717) is 11.8 Å². The molecule has 1 aromatic carbocycles. The van der Waals surface area contributed by atoms with Crippen LogP contribution in [0.4, 0.5) is 0 Å². The zero-order chi connectivity index (χ0) is 12.8. The molecule has 0 spiro atoms. The standard InChI is InChI=1S/C15H25NO/c1-6-16-10-14(11(2)3)13-9-12(4)7-8-15(13)17-5/h7-9,11,14,16H,6,10H2,1-5H3. The molecular formula is C15H25NO. The number of ether oxygens (including phenoxy) is 1. The number of likely N-dealkylation sites (N-methyl/N-ethyl adjacent to an activating group) is 1. The van der Waals surface area contributed by atoms with Gasteiger partial charge in [0.25, 0.3) is 0 Å². The van der Waals surface area contributed by atoms with Gasteiger partial charge in [0, 0.05) is 12.5 Å². The lowest BCUT2D eigenvalue weighted by Crippen LogP contribution is -2.24. The van der Waals surface area contributed by atoms with Gasteiger partial charge < -0.3 is 10.1 Å². The average molecular weight is 235 g/mol. The summed E-state index contributed by atoms with van der Waals surface area (Å²) >= 11 is 0. The van der Waals surface area contributed by atoms with Crippen LogP contribution >= 0.6 is 0 Å². The molecule has 1 aromatic rings. The van der Waals surface area contributed by atoms with Gasteiger partial charge in [-0.2, -0.15) is 0 Å². The summed E-state index contributed by atoms with van der Waals surface area (Å²) in [6.07, 6.45) is 0. The van der Waals surface area contributed by atoms with Gasteiger partial charge in [0.05, 0.1) is 7.11 Å². The van der Waals surface area contributed by atoms with Crippen molar-refractivity contribution in [2.45, 2.75) is 33.6 Å². The lowest BCUT2D eigenvalue weighted by Gasteiger charge is -2.24. The number of benzene rings is 1. The minimum atomic E-state index is 0.504. The molecule has 0 saturated heterocycles. The topological polar surface area (TPSA) is 21.3 Å². The summed E-state index contributed by atoms with van der Waals surface area (Å²) in [6, 6.07) is 6.43. The number of aryl methyl sites for hydroxylation is 1. The largest absolute Gasteiger partial charge is 0.496 e. The third-order valence-electron chi connectivity index (χ3n) is 3.20. The highest BCUT2D eigenvalue weighted by molar-refractivity contribution is 5.40. The highest BCUT2D eigenvalue weighted by Gasteiger charge is 2.19. The van der Waals surface area contributed by atoms with Gasteiger partial charge in [0.15, 0.2) is 0 Å². The molecule has 96 valence electrons. The predicted molar refractivity (Wildman–Crippen MR) is 73.9 cm³/mol. The summed E-state index contributed by atoms with van der Waals surface area (Å²) in [5.41, 5.74) is 2.62. The first-order valence-corrected chi connectivity index (χ1v) is 6.45. The van der Waals surface area contributed by atoms with Crippen molar-refractivity contribution in [2.24, 2.45) is 5.92 Å². The molecule has 0 fully saturated rings. The van der Waals surface area contributed by atoms with E-state index in [9.17, 15) is 0 Å². The Kier molecular flexibility index (Phi) is 5.49. The number of methoxy groups -OCH3 is 1. The molecule has 1 rings (SSSR count). The lowest BCUT2D eigenvalue weighted by atomic mass is 9.87. The molecule has 2 nitrogen and oxygen atoms in total. The van der Waals surface area contributed by atoms with Crippen LogP contribution in [0.25, 0.3) is 0 Å². The molecule has 1 atom stereocenters. The average Bonchev–Trinajstić information content (AvgIpc) is 2.29. The van der Waals surface area contributed by atoms with Crippen LogP contribution in [0.3, 0.4) is 0 Å². The second-order valence-corrected chi connectivity index (χ2v) is 4.90. The Balaban J connectivity index is 3.02. The van der Waals surface area contributed by atoms with E-state index < -0.39 is 0 Å². The summed E-state index contributed by atoms with van der Waals surface area (Å²) in [7, 11) is 1.75. The summed E-state index contributed by atoms with van der Waals surface area (Å²) in [5.74, 6) is 2.11. The number of nitrogens with one attached hydrogen (secondary N) is 1. The van der Waals surface area contributed by atoms with Crippen LogP contribution in [0.5, 0.6) is 5.75 Å². The van der Waals surface area contributed by atoms with Crippen LogP contribution in [0, 0.1) is 12.8 Å². The molecule has 0 aromatic heterocycles. The Morgan fingerprint density at radius 2 is 2.00 bits per heavy atom. The number of hydrogen-bond donors (Lipinski definition) is 1. The Morgan fingerprint density at radius 1 is 1.29 bits per heavy atom. The Labute approximate surface area is 105 Å². The molecule has 0 aliphatic heterocycles. The van der Waals surface area contributed by atoms with E-state index >= 15 is 0 Å². The van der Waals surface area contributed by atoms with Crippen molar-refractivity contribution in [3.05, 3.63) is 29.3 Å². The minimum absolute atomic E-state index is 0.504. The predicted octanol–water partition coefficient (Wildman–Crippen LogP) is 3.35. The van der Waals surface area contributed by atoms with Gasteiger partial charge in [0.1, 0.15) is 5.75 Å². The summed E-state index contributed by atoms with van der Waals surface area (Å²) < 4.78 is 5.48. The maximum absolute atomic E-state index is 5.48. The fraction of sp³-hybridized carbons (Fsp3) is 0.600. The summed E-state index contributed by atoms with van der Waals surface area (Å²) in [4.78, 5) is 0. The SMILES string of the molecule is CCNCC(c1cc(C)ccc1OC)C(C)C. The molecule has 0 radical (unpaired) electrons. The van der Waals surface area contributed by atoms with Crippen molar-refractivity contribution in [1.82, 2.24) is 5.32 Å². The minimum Gasteiger partial charge on any atom is -0.496 e. The molecule has 0 aliphatic rings. The maximum Gasteiger partial charge on any atom is 0.122 e. The fourth-order valence-electron chi connectivity index (χ4n) is 2.15. The first-order valence-electron chi connectivity index (χ1n) is 6.45. The van der Waals surface area contributed by atoms with Crippen LogP contribution in [0.15, 0.2) is 18.2 Å². The van der Waals surface area contributed by atoms with Gasteiger partial charge in [-0.25, -0.2) is 0 Å². The second kappa shape index (κ2) is 6.65. The van der Waals surface area contributed by atoms with Gasteiger partial charge in [0.2, 0.25) is 0 Å². The molecule has 0 aliphatic carbocycles.